The van der Waals surface area contributed by atoms with Crippen LogP contribution in [0.3, 0.4) is 0 Å². The molecule has 0 unspecified atom stereocenters. The van der Waals surface area contributed by atoms with Crippen LogP contribution in [0.2, 0.25) is 5.02 Å². The molecule has 0 saturated carbocycles. The monoisotopic (exact) mass is 410 g/mol. The molecule has 140 valence electrons. The Hall–Kier alpha value is -3.14. The molecule has 0 spiro atoms. The molecule has 0 bridgehead atoms. The van der Waals surface area contributed by atoms with Crippen LogP contribution in [0.25, 0.3) is 6.08 Å². The summed E-state index contributed by atoms with van der Waals surface area (Å²) in [5, 5.41) is 13.3. The molecular weight excluding hydrogens is 396 g/mol. The summed E-state index contributed by atoms with van der Waals surface area (Å²) in [7, 11) is 1.54. The van der Waals surface area contributed by atoms with Gasteiger partial charge in [0.25, 0.3) is 5.91 Å². The van der Waals surface area contributed by atoms with Crippen molar-refractivity contribution in [1.29, 1.82) is 5.26 Å². The van der Waals surface area contributed by atoms with Gasteiger partial charge in [-0.25, -0.2) is 0 Å². The summed E-state index contributed by atoms with van der Waals surface area (Å²) in [6, 6.07) is 19.6. The van der Waals surface area contributed by atoms with Crippen LogP contribution in [0.4, 0.5) is 5.69 Å². The van der Waals surface area contributed by atoms with Crippen molar-refractivity contribution in [3.05, 3.63) is 77.0 Å². The summed E-state index contributed by atoms with van der Waals surface area (Å²) >= 11 is 7.30. The number of nitrogens with zero attached hydrogens (tertiary/aromatic N) is 1. The average molecular weight is 411 g/mol. The first-order chi connectivity index (χ1) is 13.6. The van der Waals surface area contributed by atoms with Crippen LogP contribution < -0.4 is 10.1 Å². The van der Waals surface area contributed by atoms with E-state index in [0.717, 1.165) is 4.90 Å². The number of methoxy groups -OCH3 is 1. The van der Waals surface area contributed by atoms with Gasteiger partial charge in [0.05, 0.1) is 7.11 Å². The molecule has 3 rings (SSSR count). The predicted octanol–water partition coefficient (Wildman–Crippen LogP) is 5.64. The van der Waals surface area contributed by atoms with E-state index < -0.39 is 5.91 Å². The van der Waals surface area contributed by atoms with E-state index in [1.807, 2.05) is 18.2 Å². The number of furan rings is 1. The molecule has 0 atom stereocenters. The number of amides is 1. The lowest BCUT2D eigenvalue weighted by molar-refractivity contribution is -0.112. The summed E-state index contributed by atoms with van der Waals surface area (Å²) in [4.78, 5) is 13.3. The number of anilines is 1. The van der Waals surface area contributed by atoms with Gasteiger partial charge in [0, 0.05) is 27.7 Å². The van der Waals surface area contributed by atoms with E-state index >= 15 is 0 Å². The van der Waals surface area contributed by atoms with Gasteiger partial charge in [0.15, 0.2) is 5.09 Å². The van der Waals surface area contributed by atoms with Gasteiger partial charge in [-0.05, 0) is 48.5 Å². The zero-order valence-electron chi connectivity index (χ0n) is 14.8. The highest BCUT2D eigenvalue weighted by Gasteiger charge is 2.12. The smallest absolute Gasteiger partial charge is 0.266 e. The number of rotatable bonds is 6. The number of halogens is 1. The van der Waals surface area contributed by atoms with Crippen molar-refractivity contribution in [1.82, 2.24) is 0 Å². The van der Waals surface area contributed by atoms with E-state index in [-0.39, 0.29) is 5.57 Å². The van der Waals surface area contributed by atoms with Crippen LogP contribution in [0, 0.1) is 11.3 Å². The number of carbonyl (C=O) groups excluding carboxylic acids is 1. The Morgan fingerprint density at radius 2 is 2.00 bits per heavy atom. The highest BCUT2D eigenvalue weighted by Crippen LogP contribution is 2.30. The number of ether oxygens (including phenoxy) is 1. The van der Waals surface area contributed by atoms with Crippen molar-refractivity contribution >= 4 is 41.0 Å². The third-order valence-electron chi connectivity index (χ3n) is 3.61. The molecule has 0 fully saturated rings. The van der Waals surface area contributed by atoms with Gasteiger partial charge in [-0.1, -0.05) is 29.4 Å². The Balaban J connectivity index is 1.71. The minimum Gasteiger partial charge on any atom is -0.497 e. The number of carbonyl (C=O) groups is 1. The summed E-state index contributed by atoms with van der Waals surface area (Å²) < 4.78 is 10.8. The largest absolute Gasteiger partial charge is 0.497 e. The Morgan fingerprint density at radius 3 is 2.71 bits per heavy atom. The number of hydrogen-bond donors (Lipinski definition) is 1. The summed E-state index contributed by atoms with van der Waals surface area (Å²) in [6.07, 6.45) is 1.40. The molecule has 28 heavy (non-hydrogen) atoms. The number of hydrogen-bond acceptors (Lipinski definition) is 5. The normalized spacial score (nSPS) is 11.0. The molecule has 0 radical (unpaired) electrons. The molecular formula is C21H15ClN2O3S. The Morgan fingerprint density at radius 1 is 1.21 bits per heavy atom. The number of nitriles is 1. The summed E-state index contributed by atoms with van der Waals surface area (Å²) in [6.45, 7) is 0. The van der Waals surface area contributed by atoms with Crippen molar-refractivity contribution in [3.8, 4) is 11.8 Å². The maximum Gasteiger partial charge on any atom is 0.266 e. The zero-order valence-corrected chi connectivity index (χ0v) is 16.4. The fourth-order valence-corrected chi connectivity index (χ4v) is 3.18. The lowest BCUT2D eigenvalue weighted by atomic mass is 10.2. The summed E-state index contributed by atoms with van der Waals surface area (Å²) in [5.41, 5.74) is 0.462. The van der Waals surface area contributed by atoms with E-state index in [1.54, 1.807) is 48.5 Å². The molecule has 7 heteroatoms. The predicted molar refractivity (Wildman–Crippen MR) is 109 cm³/mol. The van der Waals surface area contributed by atoms with Crippen molar-refractivity contribution in [2.75, 3.05) is 12.4 Å². The first kappa shape index (κ1) is 19.6. The molecule has 0 aliphatic carbocycles. The van der Waals surface area contributed by atoms with Gasteiger partial charge >= 0.3 is 0 Å². The second-order valence-corrected chi connectivity index (χ2v) is 7.08. The summed E-state index contributed by atoms with van der Waals surface area (Å²) in [5.74, 6) is 0.489. The Bertz CT molecular complexity index is 1050. The standard InChI is InChI=1S/C21H15ClN2O3S/c1-26-17-4-2-3-16(12-17)24-21(25)14(13-23)11-18-7-10-20(27-18)28-19-8-5-15(22)6-9-19/h2-12H,1H3,(H,24,25)/b14-11-. The molecule has 1 aromatic heterocycles. The van der Waals surface area contributed by atoms with E-state index in [2.05, 4.69) is 5.32 Å². The van der Waals surface area contributed by atoms with Gasteiger partial charge in [-0.2, -0.15) is 5.26 Å². The molecule has 0 saturated heterocycles. The lowest BCUT2D eigenvalue weighted by Crippen LogP contribution is -2.13. The quantitative estimate of drug-likeness (QED) is 0.420. The topological polar surface area (TPSA) is 75.3 Å². The molecule has 1 heterocycles. The van der Waals surface area contributed by atoms with Crippen LogP contribution in [0.1, 0.15) is 5.76 Å². The average Bonchev–Trinajstić information content (AvgIpc) is 3.15. The van der Waals surface area contributed by atoms with Crippen LogP contribution in [-0.4, -0.2) is 13.0 Å². The van der Waals surface area contributed by atoms with Crippen LogP contribution in [0.15, 0.2) is 80.6 Å². The zero-order chi connectivity index (χ0) is 19.9. The Labute approximate surface area is 171 Å². The second kappa shape index (κ2) is 9.18. The minimum absolute atomic E-state index is 0.0692. The molecule has 5 nitrogen and oxygen atoms in total. The molecule has 2 aromatic carbocycles. The SMILES string of the molecule is COc1cccc(NC(=O)/C(C#N)=C\c2ccc(Sc3ccc(Cl)cc3)o2)c1. The molecule has 3 aromatic rings. The van der Waals surface area contributed by atoms with E-state index in [1.165, 1.54) is 24.9 Å². The first-order valence-electron chi connectivity index (χ1n) is 8.18. The molecule has 0 aliphatic rings. The van der Waals surface area contributed by atoms with Crippen molar-refractivity contribution in [2.24, 2.45) is 0 Å². The van der Waals surface area contributed by atoms with Crippen LogP contribution in [-0.2, 0) is 4.79 Å². The van der Waals surface area contributed by atoms with Crippen molar-refractivity contribution in [2.45, 2.75) is 9.99 Å². The fraction of sp³-hybridized carbons (Fsp3) is 0.0476. The Kier molecular flexibility index (Phi) is 6.43. The number of nitrogens with one attached hydrogen (secondary N) is 1. The first-order valence-corrected chi connectivity index (χ1v) is 9.37. The van der Waals surface area contributed by atoms with Gasteiger partial charge in [0.1, 0.15) is 23.2 Å². The third-order valence-corrected chi connectivity index (χ3v) is 4.79. The van der Waals surface area contributed by atoms with E-state index in [9.17, 15) is 10.1 Å². The maximum atomic E-state index is 12.4. The minimum atomic E-state index is -0.529. The highest BCUT2D eigenvalue weighted by atomic mass is 35.5. The third kappa shape index (κ3) is 5.19. The van der Waals surface area contributed by atoms with Gasteiger partial charge in [0.2, 0.25) is 0 Å². The highest BCUT2D eigenvalue weighted by molar-refractivity contribution is 7.99. The molecule has 1 N–H and O–H groups in total. The van der Waals surface area contributed by atoms with Gasteiger partial charge in [-0.15, -0.1) is 0 Å². The molecule has 1 amide bonds. The maximum absolute atomic E-state index is 12.4. The van der Waals surface area contributed by atoms with Gasteiger partial charge in [-0.3, -0.25) is 4.79 Å². The van der Waals surface area contributed by atoms with Gasteiger partial charge < -0.3 is 14.5 Å². The van der Waals surface area contributed by atoms with E-state index in [4.69, 9.17) is 20.8 Å². The number of benzene rings is 2. The van der Waals surface area contributed by atoms with Crippen molar-refractivity contribution < 1.29 is 13.9 Å². The fourth-order valence-electron chi connectivity index (χ4n) is 2.28. The van der Waals surface area contributed by atoms with Crippen LogP contribution in [0.5, 0.6) is 5.75 Å². The lowest BCUT2D eigenvalue weighted by Gasteiger charge is -2.06. The second-order valence-electron chi connectivity index (χ2n) is 5.57. The van der Waals surface area contributed by atoms with E-state index in [0.29, 0.717) is 27.3 Å². The molecule has 0 aliphatic heterocycles. The van der Waals surface area contributed by atoms with Crippen molar-refractivity contribution in [3.63, 3.8) is 0 Å². The van der Waals surface area contributed by atoms with Crippen LogP contribution >= 0.6 is 23.4 Å².